The highest BCUT2D eigenvalue weighted by atomic mass is 127. The molecule has 0 aliphatic rings. The standard InChI is InChI=1S/C18H27N5.HI/c1-18(2,16-8-6-5-7-9-16)14-21-17(19-3)20-11-10-15-12-22-23(4)13-15;/h5-9,12-13H,10-11,14H2,1-4H3,(H2,19,20,21);1H. The quantitative estimate of drug-likeness (QED) is 0.412. The fourth-order valence-corrected chi connectivity index (χ4v) is 2.44. The molecule has 0 aliphatic heterocycles. The fraction of sp³-hybridized carbons (Fsp3) is 0.444. The highest BCUT2D eigenvalue weighted by Crippen LogP contribution is 2.21. The molecule has 1 aromatic heterocycles. The Morgan fingerprint density at radius 1 is 1.21 bits per heavy atom. The maximum absolute atomic E-state index is 4.29. The summed E-state index contributed by atoms with van der Waals surface area (Å²) in [6.07, 6.45) is 4.86. The number of aromatic nitrogens is 2. The van der Waals surface area contributed by atoms with E-state index in [1.165, 1.54) is 11.1 Å². The van der Waals surface area contributed by atoms with Gasteiger partial charge in [0.2, 0.25) is 0 Å². The van der Waals surface area contributed by atoms with Crippen LogP contribution in [0.4, 0.5) is 0 Å². The normalized spacial score (nSPS) is 11.8. The smallest absolute Gasteiger partial charge is 0.191 e. The molecular formula is C18H28IN5. The Hall–Kier alpha value is -1.57. The summed E-state index contributed by atoms with van der Waals surface area (Å²) < 4.78 is 1.82. The van der Waals surface area contributed by atoms with E-state index >= 15 is 0 Å². The first-order valence-corrected chi connectivity index (χ1v) is 7.99. The van der Waals surface area contributed by atoms with Crippen molar-refractivity contribution in [1.82, 2.24) is 20.4 Å². The summed E-state index contributed by atoms with van der Waals surface area (Å²) in [5.41, 5.74) is 2.58. The number of rotatable bonds is 6. The molecule has 2 N–H and O–H groups in total. The number of hydrogen-bond acceptors (Lipinski definition) is 2. The van der Waals surface area contributed by atoms with Gasteiger partial charge in [0.1, 0.15) is 0 Å². The monoisotopic (exact) mass is 441 g/mol. The van der Waals surface area contributed by atoms with E-state index < -0.39 is 0 Å². The van der Waals surface area contributed by atoms with Crippen molar-refractivity contribution >= 4 is 29.9 Å². The number of hydrogen-bond donors (Lipinski definition) is 2. The van der Waals surface area contributed by atoms with Crippen molar-refractivity contribution in [2.24, 2.45) is 12.0 Å². The average Bonchev–Trinajstić information content (AvgIpc) is 2.97. The number of benzene rings is 1. The minimum atomic E-state index is 0. The minimum absolute atomic E-state index is 0. The van der Waals surface area contributed by atoms with Gasteiger partial charge in [-0.15, -0.1) is 24.0 Å². The summed E-state index contributed by atoms with van der Waals surface area (Å²) in [5, 5.41) is 11.0. The molecule has 6 heteroatoms. The molecule has 0 saturated heterocycles. The maximum atomic E-state index is 4.29. The van der Waals surface area contributed by atoms with Crippen molar-refractivity contribution in [1.29, 1.82) is 0 Å². The largest absolute Gasteiger partial charge is 0.356 e. The number of nitrogens with one attached hydrogen (secondary N) is 2. The zero-order valence-electron chi connectivity index (χ0n) is 14.9. The summed E-state index contributed by atoms with van der Waals surface area (Å²) in [7, 11) is 3.73. The van der Waals surface area contributed by atoms with E-state index in [9.17, 15) is 0 Å². The van der Waals surface area contributed by atoms with Crippen LogP contribution in [0.2, 0.25) is 0 Å². The molecule has 1 aromatic carbocycles. The predicted molar refractivity (Wildman–Crippen MR) is 111 cm³/mol. The van der Waals surface area contributed by atoms with Crippen molar-refractivity contribution in [3.05, 3.63) is 53.9 Å². The average molecular weight is 441 g/mol. The van der Waals surface area contributed by atoms with Crippen molar-refractivity contribution in [3.8, 4) is 0 Å². The third kappa shape index (κ3) is 6.14. The van der Waals surface area contributed by atoms with E-state index in [0.29, 0.717) is 0 Å². The molecule has 5 nitrogen and oxygen atoms in total. The first-order chi connectivity index (χ1) is 11.0. The van der Waals surface area contributed by atoms with Crippen LogP contribution in [0.3, 0.4) is 0 Å². The third-order valence-electron chi connectivity index (χ3n) is 3.94. The molecule has 0 unspecified atom stereocenters. The summed E-state index contributed by atoms with van der Waals surface area (Å²) >= 11 is 0. The van der Waals surface area contributed by atoms with Gasteiger partial charge in [-0.3, -0.25) is 9.67 Å². The zero-order valence-corrected chi connectivity index (χ0v) is 17.2. The van der Waals surface area contributed by atoms with E-state index in [1.807, 2.05) is 30.2 Å². The molecule has 0 fully saturated rings. The Labute approximate surface area is 162 Å². The van der Waals surface area contributed by atoms with Gasteiger partial charge in [0.25, 0.3) is 0 Å². The number of aryl methyl sites for hydroxylation is 1. The molecule has 0 amide bonds. The summed E-state index contributed by atoms with van der Waals surface area (Å²) in [6.45, 7) is 6.12. The number of halogens is 1. The van der Waals surface area contributed by atoms with Crippen molar-refractivity contribution in [2.45, 2.75) is 25.7 Å². The molecule has 0 aliphatic carbocycles. The van der Waals surface area contributed by atoms with Crippen molar-refractivity contribution < 1.29 is 0 Å². The molecular weight excluding hydrogens is 413 g/mol. The van der Waals surface area contributed by atoms with Crippen LogP contribution in [0.5, 0.6) is 0 Å². The Morgan fingerprint density at radius 2 is 1.92 bits per heavy atom. The molecule has 0 spiro atoms. The Balaban J connectivity index is 0.00000288. The van der Waals surface area contributed by atoms with Crippen molar-refractivity contribution in [3.63, 3.8) is 0 Å². The van der Waals surface area contributed by atoms with Crippen LogP contribution >= 0.6 is 24.0 Å². The first kappa shape index (κ1) is 20.5. The molecule has 132 valence electrons. The highest BCUT2D eigenvalue weighted by molar-refractivity contribution is 14.0. The Bertz CT molecular complexity index is 634. The van der Waals surface area contributed by atoms with Crippen LogP contribution in [-0.4, -0.2) is 35.9 Å². The lowest BCUT2D eigenvalue weighted by Crippen LogP contribution is -2.44. The lowest BCUT2D eigenvalue weighted by Gasteiger charge is -2.26. The van der Waals surface area contributed by atoms with Crippen LogP contribution in [0.1, 0.15) is 25.0 Å². The van der Waals surface area contributed by atoms with Gasteiger partial charge in [0, 0.05) is 38.8 Å². The SMILES string of the molecule is CN=C(NCCc1cnn(C)c1)NCC(C)(C)c1ccccc1.I. The number of aliphatic imine (C=N–C) groups is 1. The van der Waals surface area contributed by atoms with E-state index in [0.717, 1.165) is 25.5 Å². The predicted octanol–water partition coefficient (Wildman–Crippen LogP) is 2.72. The van der Waals surface area contributed by atoms with Gasteiger partial charge < -0.3 is 10.6 Å². The minimum Gasteiger partial charge on any atom is -0.356 e. The van der Waals surface area contributed by atoms with E-state index in [4.69, 9.17) is 0 Å². The second-order valence-corrected chi connectivity index (χ2v) is 6.37. The molecule has 0 bridgehead atoms. The topological polar surface area (TPSA) is 54.2 Å². The van der Waals surface area contributed by atoms with Gasteiger partial charge in [0.05, 0.1) is 6.20 Å². The van der Waals surface area contributed by atoms with Crippen LogP contribution < -0.4 is 10.6 Å². The van der Waals surface area contributed by atoms with Crippen LogP contribution in [0, 0.1) is 0 Å². The molecule has 0 radical (unpaired) electrons. The summed E-state index contributed by atoms with van der Waals surface area (Å²) in [4.78, 5) is 4.29. The molecule has 24 heavy (non-hydrogen) atoms. The van der Waals surface area contributed by atoms with Crippen LogP contribution in [-0.2, 0) is 18.9 Å². The van der Waals surface area contributed by atoms with E-state index in [2.05, 4.69) is 58.8 Å². The first-order valence-electron chi connectivity index (χ1n) is 7.99. The van der Waals surface area contributed by atoms with Crippen LogP contribution in [0.25, 0.3) is 0 Å². The van der Waals surface area contributed by atoms with E-state index in [1.54, 1.807) is 7.05 Å². The van der Waals surface area contributed by atoms with Gasteiger partial charge in [0.15, 0.2) is 5.96 Å². The van der Waals surface area contributed by atoms with Gasteiger partial charge in [-0.1, -0.05) is 44.2 Å². The maximum Gasteiger partial charge on any atom is 0.191 e. The van der Waals surface area contributed by atoms with Gasteiger partial charge >= 0.3 is 0 Å². The third-order valence-corrected chi connectivity index (χ3v) is 3.94. The zero-order chi connectivity index (χ0) is 16.7. The lowest BCUT2D eigenvalue weighted by atomic mass is 9.85. The molecule has 0 saturated carbocycles. The second kappa shape index (κ2) is 9.66. The summed E-state index contributed by atoms with van der Waals surface area (Å²) in [6, 6.07) is 10.5. The Kier molecular flexibility index (Phi) is 8.24. The van der Waals surface area contributed by atoms with Gasteiger partial charge in [-0.25, -0.2) is 0 Å². The summed E-state index contributed by atoms with van der Waals surface area (Å²) in [5.74, 6) is 0.831. The Morgan fingerprint density at radius 3 is 2.50 bits per heavy atom. The van der Waals surface area contributed by atoms with Gasteiger partial charge in [-0.2, -0.15) is 5.10 Å². The molecule has 1 heterocycles. The molecule has 2 aromatic rings. The van der Waals surface area contributed by atoms with Gasteiger partial charge in [-0.05, 0) is 17.5 Å². The second-order valence-electron chi connectivity index (χ2n) is 6.37. The number of guanidine groups is 1. The number of nitrogens with zero attached hydrogens (tertiary/aromatic N) is 3. The molecule has 2 rings (SSSR count). The highest BCUT2D eigenvalue weighted by Gasteiger charge is 2.20. The lowest BCUT2D eigenvalue weighted by molar-refractivity contribution is 0.508. The van der Waals surface area contributed by atoms with Crippen LogP contribution in [0.15, 0.2) is 47.7 Å². The van der Waals surface area contributed by atoms with Crippen molar-refractivity contribution in [2.75, 3.05) is 20.1 Å². The molecule has 0 atom stereocenters. The van der Waals surface area contributed by atoms with E-state index in [-0.39, 0.29) is 29.4 Å². The fourth-order valence-electron chi connectivity index (χ4n) is 2.44.